The Morgan fingerprint density at radius 3 is 2.47 bits per heavy atom. The second-order valence-electron chi connectivity index (χ2n) is 4.04. The predicted octanol–water partition coefficient (Wildman–Crippen LogP) is 2.30. The summed E-state index contributed by atoms with van der Waals surface area (Å²) in [5.74, 6) is 1.20. The Morgan fingerprint density at radius 1 is 1.32 bits per heavy atom. The van der Waals surface area contributed by atoms with E-state index >= 15 is 0 Å². The Kier molecular flexibility index (Phi) is 6.37. The molecule has 1 rings (SSSR count). The third kappa shape index (κ3) is 5.24. The Hall–Kier alpha value is -1.01. The molecule has 0 spiro atoms. The number of pyridine rings is 1. The third-order valence-electron chi connectivity index (χ3n) is 2.66. The molecule has 1 aromatic rings. The van der Waals surface area contributed by atoms with E-state index in [1.807, 2.05) is 19.9 Å². The SMILES string of the molecule is CCN(CC)c1ccc(NS(=O)(=O)CCCCl)cn1. The molecule has 0 radical (unpaired) electrons. The van der Waals surface area contributed by atoms with Crippen molar-refractivity contribution < 1.29 is 8.42 Å². The minimum Gasteiger partial charge on any atom is -0.357 e. The number of rotatable bonds is 8. The lowest BCUT2D eigenvalue weighted by Gasteiger charge is -2.19. The van der Waals surface area contributed by atoms with Crippen molar-refractivity contribution in [3.8, 4) is 0 Å². The predicted molar refractivity (Wildman–Crippen MR) is 80.5 cm³/mol. The zero-order valence-electron chi connectivity index (χ0n) is 11.3. The van der Waals surface area contributed by atoms with Crippen LogP contribution in [0.5, 0.6) is 0 Å². The molecule has 7 heteroatoms. The van der Waals surface area contributed by atoms with Gasteiger partial charge in [-0.15, -0.1) is 11.6 Å². The summed E-state index contributed by atoms with van der Waals surface area (Å²) < 4.78 is 25.9. The van der Waals surface area contributed by atoms with Crippen molar-refractivity contribution in [1.29, 1.82) is 0 Å². The second kappa shape index (κ2) is 7.55. The van der Waals surface area contributed by atoms with E-state index in [1.165, 1.54) is 6.20 Å². The molecule has 1 N–H and O–H groups in total. The molecular weight excluding hydrogens is 286 g/mol. The Bertz CT molecular complexity index is 472. The van der Waals surface area contributed by atoms with Crippen LogP contribution in [0.1, 0.15) is 20.3 Å². The lowest BCUT2D eigenvalue weighted by atomic mass is 10.4. The van der Waals surface area contributed by atoms with Crippen LogP contribution in [0.3, 0.4) is 0 Å². The number of alkyl halides is 1. The lowest BCUT2D eigenvalue weighted by Crippen LogP contribution is -2.23. The molecule has 1 aromatic heterocycles. The molecule has 5 nitrogen and oxygen atoms in total. The zero-order valence-corrected chi connectivity index (χ0v) is 12.8. The molecule has 0 aliphatic carbocycles. The number of nitrogens with zero attached hydrogens (tertiary/aromatic N) is 2. The maximum Gasteiger partial charge on any atom is 0.232 e. The molecule has 0 bridgehead atoms. The molecule has 0 unspecified atom stereocenters. The standard InChI is InChI=1S/C12H20ClN3O2S/c1-3-16(4-2)12-7-6-11(10-14-12)15-19(17,18)9-5-8-13/h6-7,10,15H,3-5,8-9H2,1-2H3. The van der Waals surface area contributed by atoms with E-state index in [4.69, 9.17) is 11.6 Å². The van der Waals surface area contributed by atoms with Gasteiger partial charge in [-0.2, -0.15) is 0 Å². The average Bonchev–Trinajstić information content (AvgIpc) is 2.39. The molecule has 19 heavy (non-hydrogen) atoms. The van der Waals surface area contributed by atoms with Gasteiger partial charge in [0.2, 0.25) is 10.0 Å². The average molecular weight is 306 g/mol. The summed E-state index contributed by atoms with van der Waals surface area (Å²) >= 11 is 5.49. The van der Waals surface area contributed by atoms with Crippen LogP contribution in [0.4, 0.5) is 11.5 Å². The molecule has 0 saturated carbocycles. The maximum atomic E-state index is 11.7. The van der Waals surface area contributed by atoms with E-state index < -0.39 is 10.0 Å². The number of nitrogens with one attached hydrogen (secondary N) is 1. The van der Waals surface area contributed by atoms with Crippen LogP contribution < -0.4 is 9.62 Å². The zero-order chi connectivity index (χ0) is 14.3. The first-order chi connectivity index (χ1) is 9.02. The van der Waals surface area contributed by atoms with Gasteiger partial charge in [-0.05, 0) is 32.4 Å². The van der Waals surface area contributed by atoms with Crippen LogP contribution in [0.25, 0.3) is 0 Å². The quantitative estimate of drug-likeness (QED) is 0.749. The van der Waals surface area contributed by atoms with Crippen LogP contribution in [-0.4, -0.2) is 38.1 Å². The number of sulfonamides is 1. The number of aromatic nitrogens is 1. The first kappa shape index (κ1) is 16.0. The van der Waals surface area contributed by atoms with Crippen molar-refractivity contribution in [1.82, 2.24) is 4.98 Å². The molecule has 0 amide bonds. The summed E-state index contributed by atoms with van der Waals surface area (Å²) in [7, 11) is -3.33. The molecule has 0 aromatic carbocycles. The van der Waals surface area contributed by atoms with E-state index in [1.54, 1.807) is 6.07 Å². The van der Waals surface area contributed by atoms with Gasteiger partial charge >= 0.3 is 0 Å². The van der Waals surface area contributed by atoms with Crippen molar-refractivity contribution in [2.24, 2.45) is 0 Å². The van der Waals surface area contributed by atoms with E-state index in [-0.39, 0.29) is 5.75 Å². The summed E-state index contributed by atoms with van der Waals surface area (Å²) in [6.07, 6.45) is 1.97. The summed E-state index contributed by atoms with van der Waals surface area (Å²) in [6, 6.07) is 3.53. The molecule has 0 saturated heterocycles. The summed E-state index contributed by atoms with van der Waals surface area (Å²) in [6.45, 7) is 5.83. The molecule has 0 fully saturated rings. The number of hydrogen-bond donors (Lipinski definition) is 1. The van der Waals surface area contributed by atoms with E-state index in [0.29, 0.717) is 18.0 Å². The van der Waals surface area contributed by atoms with Crippen molar-refractivity contribution >= 4 is 33.1 Å². The summed E-state index contributed by atoms with van der Waals surface area (Å²) in [4.78, 5) is 6.35. The van der Waals surface area contributed by atoms with Crippen LogP contribution in [-0.2, 0) is 10.0 Å². The molecule has 0 atom stereocenters. The first-order valence-electron chi connectivity index (χ1n) is 6.29. The normalized spacial score (nSPS) is 11.3. The Labute approximate surface area is 120 Å². The van der Waals surface area contributed by atoms with Gasteiger partial charge in [-0.3, -0.25) is 4.72 Å². The molecule has 1 heterocycles. The van der Waals surface area contributed by atoms with Crippen molar-refractivity contribution in [3.05, 3.63) is 18.3 Å². The van der Waals surface area contributed by atoms with Gasteiger partial charge in [0.05, 0.1) is 17.6 Å². The summed E-state index contributed by atoms with van der Waals surface area (Å²) in [5, 5.41) is 0. The minimum absolute atomic E-state index is 0.0221. The fourth-order valence-electron chi connectivity index (χ4n) is 1.66. The van der Waals surface area contributed by atoms with Gasteiger partial charge in [0.15, 0.2) is 0 Å². The van der Waals surface area contributed by atoms with Crippen LogP contribution in [0, 0.1) is 0 Å². The van der Waals surface area contributed by atoms with Gasteiger partial charge in [0, 0.05) is 19.0 Å². The fourth-order valence-corrected chi connectivity index (χ4v) is 3.05. The first-order valence-corrected chi connectivity index (χ1v) is 8.48. The van der Waals surface area contributed by atoms with Gasteiger partial charge in [0.1, 0.15) is 5.82 Å². The largest absolute Gasteiger partial charge is 0.357 e. The van der Waals surface area contributed by atoms with Crippen LogP contribution in [0.2, 0.25) is 0 Å². The molecular formula is C12H20ClN3O2S. The number of anilines is 2. The van der Waals surface area contributed by atoms with Gasteiger partial charge in [-0.1, -0.05) is 0 Å². The van der Waals surface area contributed by atoms with E-state index in [9.17, 15) is 8.42 Å². The number of hydrogen-bond acceptors (Lipinski definition) is 4. The second-order valence-corrected chi connectivity index (χ2v) is 6.26. The maximum absolute atomic E-state index is 11.7. The third-order valence-corrected chi connectivity index (χ3v) is 4.30. The van der Waals surface area contributed by atoms with Crippen molar-refractivity contribution in [3.63, 3.8) is 0 Å². The van der Waals surface area contributed by atoms with Crippen LogP contribution >= 0.6 is 11.6 Å². The fraction of sp³-hybridized carbons (Fsp3) is 0.583. The molecule has 108 valence electrons. The highest BCUT2D eigenvalue weighted by Gasteiger charge is 2.10. The molecule has 0 aliphatic heterocycles. The van der Waals surface area contributed by atoms with Gasteiger partial charge in [-0.25, -0.2) is 13.4 Å². The topological polar surface area (TPSA) is 62.3 Å². The monoisotopic (exact) mass is 305 g/mol. The van der Waals surface area contributed by atoms with Gasteiger partial charge in [0.25, 0.3) is 0 Å². The Morgan fingerprint density at radius 2 is 2.00 bits per heavy atom. The lowest BCUT2D eigenvalue weighted by molar-refractivity contribution is 0.600. The van der Waals surface area contributed by atoms with E-state index in [0.717, 1.165) is 18.9 Å². The highest BCUT2D eigenvalue weighted by molar-refractivity contribution is 7.92. The molecule has 0 aliphatic rings. The van der Waals surface area contributed by atoms with Crippen LogP contribution in [0.15, 0.2) is 18.3 Å². The van der Waals surface area contributed by atoms with E-state index in [2.05, 4.69) is 14.6 Å². The number of halogens is 1. The highest BCUT2D eigenvalue weighted by atomic mass is 35.5. The summed E-state index contributed by atoms with van der Waals surface area (Å²) in [5.41, 5.74) is 0.477. The highest BCUT2D eigenvalue weighted by Crippen LogP contribution is 2.15. The minimum atomic E-state index is -3.33. The van der Waals surface area contributed by atoms with Gasteiger partial charge < -0.3 is 4.90 Å². The smallest absolute Gasteiger partial charge is 0.232 e. The van der Waals surface area contributed by atoms with Crippen molar-refractivity contribution in [2.75, 3.05) is 34.3 Å². The Balaban J connectivity index is 2.71. The van der Waals surface area contributed by atoms with Crippen molar-refractivity contribution in [2.45, 2.75) is 20.3 Å².